The number of ether oxygens (including phenoxy) is 1. The number of rotatable bonds is 25. The van der Waals surface area contributed by atoms with Gasteiger partial charge in [0.2, 0.25) is 29.6 Å². The highest BCUT2D eigenvalue weighted by Crippen LogP contribution is 2.39. The van der Waals surface area contributed by atoms with E-state index in [1.807, 2.05) is 131 Å². The highest BCUT2D eigenvalue weighted by molar-refractivity contribution is 7.13. The third-order valence-electron chi connectivity index (χ3n) is 14.5. The number of nitriles is 1. The maximum Gasteiger partial charge on any atom is 0.266 e. The first-order valence-corrected chi connectivity index (χ1v) is 28.9. The minimum absolute atomic E-state index is 0.0273. The predicted octanol–water partition coefficient (Wildman–Crippen LogP) is 8.25. The van der Waals surface area contributed by atoms with Gasteiger partial charge in [0.15, 0.2) is 0 Å². The second-order valence-corrected chi connectivity index (χ2v) is 24.0. The van der Waals surface area contributed by atoms with E-state index in [0.717, 1.165) is 38.2 Å². The van der Waals surface area contributed by atoms with Crippen LogP contribution in [0.4, 0.5) is 23.0 Å². The van der Waals surface area contributed by atoms with Gasteiger partial charge < -0.3 is 55.7 Å². The molecule has 83 heavy (non-hydrogen) atoms. The monoisotopic (exact) mass is 1150 g/mol. The molecular weight excluding hydrogens is 1070 g/mol. The van der Waals surface area contributed by atoms with Crippen molar-refractivity contribution in [1.82, 2.24) is 45.3 Å². The van der Waals surface area contributed by atoms with Crippen LogP contribution in [0.2, 0.25) is 0 Å². The zero-order valence-electron chi connectivity index (χ0n) is 49.6. The van der Waals surface area contributed by atoms with Gasteiger partial charge in [0.05, 0.1) is 57.6 Å². The average Bonchev–Trinajstić information content (AvgIpc) is 3.78. The lowest BCUT2D eigenvalue weighted by Gasteiger charge is -2.35. The van der Waals surface area contributed by atoms with Crippen molar-refractivity contribution in [3.05, 3.63) is 108 Å². The van der Waals surface area contributed by atoms with E-state index in [1.165, 1.54) is 11.0 Å². The lowest BCUT2D eigenvalue weighted by molar-refractivity contribution is -0.144. The fourth-order valence-corrected chi connectivity index (χ4v) is 10.9. The maximum atomic E-state index is 14.1. The third-order valence-corrected chi connectivity index (χ3v) is 15.5. The number of para-hydroxylation sites is 1. The summed E-state index contributed by atoms with van der Waals surface area (Å²) in [7, 11) is 9.38. The number of likely N-dealkylation sites (N-methyl/N-ethyl adjacent to an activating group) is 2. The second-order valence-electron chi connectivity index (χ2n) is 23.1. The van der Waals surface area contributed by atoms with Gasteiger partial charge in [0.1, 0.15) is 29.5 Å². The van der Waals surface area contributed by atoms with Gasteiger partial charge in [-0.2, -0.15) is 5.26 Å². The van der Waals surface area contributed by atoms with Crippen LogP contribution in [0.1, 0.15) is 90.8 Å². The number of benzene rings is 3. The van der Waals surface area contributed by atoms with Crippen LogP contribution in [0.25, 0.3) is 32.6 Å². The van der Waals surface area contributed by atoms with Crippen LogP contribution in [-0.2, 0) is 37.6 Å². The summed E-state index contributed by atoms with van der Waals surface area (Å²) in [4.78, 5) is 88.6. The lowest BCUT2D eigenvalue weighted by Crippen LogP contribution is -2.57. The molecule has 0 aliphatic carbocycles. The summed E-state index contributed by atoms with van der Waals surface area (Å²) in [6.07, 6.45) is 6.98. The van der Waals surface area contributed by atoms with Crippen molar-refractivity contribution >= 4 is 74.8 Å². The minimum Gasteiger partial charge on any atom is -0.494 e. The summed E-state index contributed by atoms with van der Waals surface area (Å²) in [5.41, 5.74) is 6.89. The molecule has 0 spiro atoms. The Bertz CT molecular complexity index is 3360. The van der Waals surface area contributed by atoms with Crippen LogP contribution < -0.4 is 36.2 Å². The molecule has 3 unspecified atom stereocenters. The molecule has 20 nitrogen and oxygen atoms in total. The molecule has 3 atom stereocenters. The molecule has 0 saturated carbocycles. The number of hydrogen-bond donors (Lipinski definition) is 6. The number of likely N-dealkylation sites (tertiary alicyclic amines) is 1. The van der Waals surface area contributed by atoms with Crippen molar-refractivity contribution in [2.24, 2.45) is 12.5 Å². The Labute approximate surface area is 490 Å². The van der Waals surface area contributed by atoms with Gasteiger partial charge >= 0.3 is 0 Å². The maximum absolute atomic E-state index is 14.1. The summed E-state index contributed by atoms with van der Waals surface area (Å²) in [6, 6.07) is 21.5. The molecule has 0 bridgehead atoms. The number of nitrogens with zero attached hydrogens (tertiary/aromatic N) is 8. The Balaban J connectivity index is 0.904. The number of aliphatic hydroxyl groups excluding tert-OH is 1. The molecule has 3 aromatic heterocycles. The number of methoxy groups -OCH3 is 1. The van der Waals surface area contributed by atoms with E-state index in [4.69, 9.17) is 9.72 Å². The first-order chi connectivity index (χ1) is 39.4. The highest BCUT2D eigenvalue weighted by Gasteiger charge is 2.44. The summed E-state index contributed by atoms with van der Waals surface area (Å²) in [6.45, 7) is 12.4. The van der Waals surface area contributed by atoms with Crippen LogP contribution in [0.3, 0.4) is 0 Å². The molecule has 1 aliphatic heterocycles. The van der Waals surface area contributed by atoms with E-state index in [1.54, 1.807) is 56.1 Å². The average molecular weight is 1150 g/mol. The summed E-state index contributed by atoms with van der Waals surface area (Å²) in [5, 5.41) is 37.1. The molecule has 21 heteroatoms. The van der Waals surface area contributed by atoms with Gasteiger partial charge in [-0.3, -0.25) is 24.0 Å². The number of aromatic nitrogens is 4. The highest BCUT2D eigenvalue weighted by atomic mass is 32.1. The molecule has 1 saturated heterocycles. The molecule has 1 fully saturated rings. The number of aryl methyl sites for hydroxylation is 2. The topological polar surface area (TPSA) is 252 Å². The van der Waals surface area contributed by atoms with Gasteiger partial charge in [-0.15, -0.1) is 11.3 Å². The Kier molecular flexibility index (Phi) is 20.8. The van der Waals surface area contributed by atoms with Crippen molar-refractivity contribution < 1.29 is 33.8 Å². The van der Waals surface area contributed by atoms with Gasteiger partial charge in [-0.05, 0) is 88.5 Å². The minimum atomic E-state index is -1.09. The molecule has 6 N–H and O–H groups in total. The first kappa shape index (κ1) is 62.4. The Morgan fingerprint density at radius 2 is 1.64 bits per heavy atom. The number of anilines is 4. The number of fused-ring (bicyclic) bond motifs is 1. The molecule has 3 aromatic carbocycles. The molecule has 440 valence electrons. The number of carbonyl (C=O) groups excluding carboxylic acids is 5. The van der Waals surface area contributed by atoms with E-state index >= 15 is 0 Å². The Morgan fingerprint density at radius 1 is 0.928 bits per heavy atom. The molecule has 4 heterocycles. The van der Waals surface area contributed by atoms with Gasteiger partial charge in [0, 0.05) is 94.5 Å². The van der Waals surface area contributed by atoms with Crippen molar-refractivity contribution in [2.75, 3.05) is 63.4 Å². The van der Waals surface area contributed by atoms with E-state index < -0.39 is 41.0 Å². The number of carbonyl (C=O) groups is 5. The molecule has 6 aromatic rings. The quantitative estimate of drug-likeness (QED) is 0.0179. The van der Waals surface area contributed by atoms with Crippen molar-refractivity contribution in [2.45, 2.75) is 117 Å². The number of unbranched alkanes of at least 4 members (excludes halogenated alkanes) is 3. The van der Waals surface area contributed by atoms with Crippen LogP contribution in [0, 0.1) is 23.7 Å². The molecule has 0 radical (unpaired) electrons. The van der Waals surface area contributed by atoms with Crippen molar-refractivity contribution in [3.63, 3.8) is 0 Å². The van der Waals surface area contributed by atoms with E-state index in [9.17, 15) is 34.3 Å². The number of aliphatic hydroxyl groups is 1. The Morgan fingerprint density at radius 3 is 2.30 bits per heavy atom. The lowest BCUT2D eigenvalue weighted by atomic mass is 9.85. The predicted molar refractivity (Wildman–Crippen MR) is 326 cm³/mol. The van der Waals surface area contributed by atoms with Crippen molar-refractivity contribution in [1.29, 1.82) is 5.26 Å². The Hall–Kier alpha value is -8.19. The van der Waals surface area contributed by atoms with Crippen LogP contribution in [0.5, 0.6) is 5.75 Å². The zero-order chi connectivity index (χ0) is 60.2. The number of nitrogens with one attached hydrogen (secondary N) is 5. The van der Waals surface area contributed by atoms with Crippen LogP contribution in [0.15, 0.2) is 96.3 Å². The van der Waals surface area contributed by atoms with Gasteiger partial charge in [0.25, 0.3) is 5.91 Å². The second kappa shape index (κ2) is 27.7. The largest absolute Gasteiger partial charge is 0.494 e. The van der Waals surface area contributed by atoms with Gasteiger partial charge in [-0.1, -0.05) is 76.1 Å². The van der Waals surface area contributed by atoms with Crippen molar-refractivity contribution in [3.8, 4) is 33.5 Å². The van der Waals surface area contributed by atoms with E-state index in [0.29, 0.717) is 73.2 Å². The summed E-state index contributed by atoms with van der Waals surface area (Å²) < 4.78 is 7.91. The van der Waals surface area contributed by atoms with Crippen LogP contribution >= 0.6 is 11.3 Å². The standard InChI is InChI=1S/C62H79N13O7S/c1-39-55(83-38-66-39)41-24-22-40(23-25-41)35-65-58(80)51-30-43(76)36-75(51)59(81)56(61(2,3)4)70-53(77)20-14-12-13-15-21-54(78)71-62(5,6)33-42(34-63)57(79)67-47-31-48(52(82-11)32-50(47)73(9)29-28-72(7)8)69-60-64-27-26-46(68-60)45-37-74(10)49-19-17-16-18-44(45)49/h16-19,22-27,31-33,37-38,43,51,56,76H,12-15,20-21,28-30,35-36H2,1-11H3,(H,65,80)(H,67,79)(H,70,77)(H,71,78)(H,64,68,69). The fourth-order valence-electron chi connectivity index (χ4n) is 10.1. The number of β-amino-alcohol motifs (C(OH)–C–C–N with tert-alkyl or cyclic N) is 1. The molecule has 1 aliphatic rings. The number of hydrogen-bond acceptors (Lipinski definition) is 15. The van der Waals surface area contributed by atoms with Gasteiger partial charge in [-0.25, -0.2) is 15.0 Å². The third kappa shape index (κ3) is 16.5. The molecule has 7 rings (SSSR count). The van der Waals surface area contributed by atoms with E-state index in [-0.39, 0.29) is 55.6 Å². The SMILES string of the molecule is COc1cc(N(C)CCN(C)C)c(NC(=O)C(C#N)=CC(C)(C)NC(=O)CCCCCCC(=O)NC(C(=O)N2CC(O)CC2C(=O)NCc2ccc(-c3scnc3C)cc2)C(C)(C)C)cc1Nc1nccc(-c2cn(C)c3ccccc23)n1. The van der Waals surface area contributed by atoms with Crippen LogP contribution in [-0.4, -0.2) is 136 Å². The fraction of sp³-hybridized carbons (Fsp3) is 0.435. The molecular formula is C62H79N13O7S. The summed E-state index contributed by atoms with van der Waals surface area (Å²) >= 11 is 1.56. The normalized spacial score (nSPS) is 14.9. The summed E-state index contributed by atoms with van der Waals surface area (Å²) in [5.74, 6) is -1.31. The smallest absolute Gasteiger partial charge is 0.266 e. The van der Waals surface area contributed by atoms with E-state index in [2.05, 4.69) is 42.6 Å². The molecule has 5 amide bonds. The number of amides is 5. The zero-order valence-corrected chi connectivity index (χ0v) is 50.4. The number of thiazole rings is 1. The first-order valence-electron chi connectivity index (χ1n) is 28.0.